The van der Waals surface area contributed by atoms with E-state index in [1.807, 2.05) is 54.7 Å². The second kappa shape index (κ2) is 8.27. The van der Waals surface area contributed by atoms with Crippen LogP contribution >= 0.6 is 0 Å². The molecule has 0 bridgehead atoms. The van der Waals surface area contributed by atoms with Gasteiger partial charge in [0.15, 0.2) is 17.3 Å². The van der Waals surface area contributed by atoms with E-state index in [0.717, 1.165) is 50.3 Å². The van der Waals surface area contributed by atoms with E-state index >= 15 is 0 Å². The third kappa shape index (κ3) is 3.27. The Morgan fingerprint density at radius 1 is 0.946 bits per heavy atom. The molecule has 1 aliphatic carbocycles. The molecule has 0 radical (unpaired) electrons. The number of hydrogen-bond acceptors (Lipinski definition) is 5. The predicted molar refractivity (Wildman–Crippen MR) is 143 cm³/mol. The smallest absolute Gasteiger partial charge is 0.209 e. The van der Waals surface area contributed by atoms with Gasteiger partial charge in [0.2, 0.25) is 5.95 Å². The summed E-state index contributed by atoms with van der Waals surface area (Å²) in [5, 5.41) is 4.67. The average Bonchev–Trinajstić information content (AvgIpc) is 3.52. The number of rotatable bonds is 4. The van der Waals surface area contributed by atoms with Crippen LogP contribution < -0.4 is 14.8 Å². The van der Waals surface area contributed by atoms with E-state index in [9.17, 15) is 4.79 Å². The Bertz CT molecular complexity index is 1730. The molecule has 2 aromatic heterocycles. The molecule has 0 unspecified atom stereocenters. The summed E-state index contributed by atoms with van der Waals surface area (Å²) >= 11 is 0. The minimum absolute atomic E-state index is 0.0260. The zero-order chi connectivity index (χ0) is 25.1. The summed E-state index contributed by atoms with van der Waals surface area (Å²) in [7, 11) is 3.26. The molecule has 2 aliphatic rings. The molecule has 3 heterocycles. The fraction of sp³-hybridized carbons (Fsp3) is 0.200. The maximum atomic E-state index is 14.0. The van der Waals surface area contributed by atoms with E-state index in [4.69, 9.17) is 14.5 Å². The number of H-pyrrole nitrogens is 1. The van der Waals surface area contributed by atoms with Gasteiger partial charge >= 0.3 is 0 Å². The third-order valence-electron chi connectivity index (χ3n) is 7.69. The predicted octanol–water partition coefficient (Wildman–Crippen LogP) is 5.95. The van der Waals surface area contributed by atoms with Gasteiger partial charge in [0.05, 0.1) is 31.3 Å². The molecule has 37 heavy (non-hydrogen) atoms. The van der Waals surface area contributed by atoms with Crippen LogP contribution in [-0.2, 0) is 4.79 Å². The summed E-state index contributed by atoms with van der Waals surface area (Å²) in [6, 6.07) is 22.0. The maximum Gasteiger partial charge on any atom is 0.209 e. The van der Waals surface area contributed by atoms with Crippen LogP contribution in [0.1, 0.15) is 35.9 Å². The van der Waals surface area contributed by atoms with Gasteiger partial charge < -0.3 is 19.8 Å². The van der Waals surface area contributed by atoms with Gasteiger partial charge in [0.25, 0.3) is 0 Å². The largest absolute Gasteiger partial charge is 0.493 e. The lowest BCUT2D eigenvalue weighted by Crippen LogP contribution is -2.33. The van der Waals surface area contributed by atoms with Crippen LogP contribution in [0.25, 0.3) is 21.9 Å². The summed E-state index contributed by atoms with van der Waals surface area (Å²) in [4.78, 5) is 22.3. The van der Waals surface area contributed by atoms with Gasteiger partial charge in [0.1, 0.15) is 0 Å². The number of hydrogen-bond donors (Lipinski definition) is 2. The summed E-state index contributed by atoms with van der Waals surface area (Å²) in [5.74, 6) is 2.28. The number of nitrogens with one attached hydrogen (secondary N) is 2. The highest BCUT2D eigenvalue weighted by Gasteiger charge is 2.40. The number of anilines is 1. The SMILES string of the molecule is COc1ccc([C@H]2CC(=O)C3=C(C2)Nc2nc4ccccc4n2[C@H]3c2c[nH]c3ccccc23)cc1OC. The standard InChI is InChI=1S/C30H26N4O3/c1-36-26-12-11-17(15-27(26)37-2)18-13-23-28(25(35)14-18)29(20-16-31-21-8-4-3-7-19(20)21)34-24-10-6-5-9-22(24)32-30(34)33-23/h3-12,15-16,18,29,31H,13-14H2,1-2H3,(H,32,33)/t18-,29+/m1/s1. The molecule has 1 aliphatic heterocycles. The molecule has 184 valence electrons. The number of ketones is 1. The summed E-state index contributed by atoms with van der Waals surface area (Å²) in [5.41, 5.74) is 6.84. The quantitative estimate of drug-likeness (QED) is 0.325. The van der Waals surface area contributed by atoms with Crippen LogP contribution in [-0.4, -0.2) is 34.5 Å². The van der Waals surface area contributed by atoms with Crippen molar-refractivity contribution in [3.8, 4) is 11.5 Å². The van der Waals surface area contributed by atoms with Gasteiger partial charge in [-0.2, -0.15) is 0 Å². The number of para-hydroxylation sites is 3. The first-order valence-electron chi connectivity index (χ1n) is 12.4. The number of fused-ring (bicyclic) bond motifs is 4. The lowest BCUT2D eigenvalue weighted by atomic mass is 9.77. The normalized spacial score (nSPS) is 19.0. The molecule has 0 saturated heterocycles. The third-order valence-corrected chi connectivity index (χ3v) is 7.69. The van der Waals surface area contributed by atoms with Crippen LogP contribution in [0.15, 0.2) is 84.2 Å². The van der Waals surface area contributed by atoms with E-state index in [0.29, 0.717) is 24.3 Å². The first-order chi connectivity index (χ1) is 18.2. The number of methoxy groups -OCH3 is 2. The molecule has 2 atom stereocenters. The fourth-order valence-electron chi connectivity index (χ4n) is 5.98. The Balaban J connectivity index is 1.39. The van der Waals surface area contributed by atoms with Gasteiger partial charge in [-0.25, -0.2) is 4.98 Å². The zero-order valence-corrected chi connectivity index (χ0v) is 20.6. The Hall–Kier alpha value is -4.52. The van der Waals surface area contributed by atoms with Crippen molar-refractivity contribution in [1.29, 1.82) is 0 Å². The van der Waals surface area contributed by atoms with Crippen LogP contribution in [0.3, 0.4) is 0 Å². The number of ether oxygens (including phenoxy) is 2. The molecule has 7 nitrogen and oxygen atoms in total. The van der Waals surface area contributed by atoms with Crippen molar-refractivity contribution in [2.24, 2.45) is 0 Å². The summed E-state index contributed by atoms with van der Waals surface area (Å²) in [6.07, 6.45) is 3.17. The summed E-state index contributed by atoms with van der Waals surface area (Å²) in [6.45, 7) is 0. The van der Waals surface area contributed by atoms with Crippen LogP contribution in [0.5, 0.6) is 11.5 Å². The number of carbonyl (C=O) groups is 1. The maximum absolute atomic E-state index is 14.0. The Labute approximate surface area is 213 Å². The van der Waals surface area contributed by atoms with Gasteiger partial charge in [-0.3, -0.25) is 9.36 Å². The van der Waals surface area contributed by atoms with E-state index < -0.39 is 0 Å². The second-order valence-electron chi connectivity index (χ2n) is 9.65. The van der Waals surface area contributed by atoms with E-state index in [2.05, 4.69) is 33.1 Å². The molecule has 7 rings (SSSR count). The molecule has 0 amide bonds. The molecule has 0 saturated carbocycles. The highest BCUT2D eigenvalue weighted by Crippen LogP contribution is 2.47. The van der Waals surface area contributed by atoms with Crippen LogP contribution in [0, 0.1) is 0 Å². The lowest BCUT2D eigenvalue weighted by Gasteiger charge is -2.36. The molecule has 0 spiro atoms. The number of nitrogens with zero attached hydrogens (tertiary/aromatic N) is 2. The number of allylic oxidation sites excluding steroid dienone is 2. The van der Waals surface area contributed by atoms with Crippen LogP contribution in [0.4, 0.5) is 5.95 Å². The zero-order valence-electron chi connectivity index (χ0n) is 20.6. The van der Waals surface area contributed by atoms with E-state index in [1.54, 1.807) is 14.2 Å². The number of imidazole rings is 1. The number of benzene rings is 3. The van der Waals surface area contributed by atoms with Crippen molar-refractivity contribution in [3.63, 3.8) is 0 Å². The van der Waals surface area contributed by atoms with Crippen molar-refractivity contribution in [1.82, 2.24) is 14.5 Å². The molecule has 2 N–H and O–H groups in total. The molecular weight excluding hydrogens is 464 g/mol. The second-order valence-corrected chi connectivity index (χ2v) is 9.65. The topological polar surface area (TPSA) is 81.2 Å². The Kier molecular flexibility index (Phi) is 4.86. The summed E-state index contributed by atoms with van der Waals surface area (Å²) < 4.78 is 13.1. The molecule has 7 heteroatoms. The molecule has 5 aromatic rings. The number of Topliss-reactive ketones (excluding diaryl/α,β-unsaturated/α-hetero) is 1. The van der Waals surface area contributed by atoms with Crippen molar-refractivity contribution in [3.05, 3.63) is 95.3 Å². The molecular formula is C30H26N4O3. The number of aromatic amines is 1. The number of carbonyl (C=O) groups excluding carboxylic acids is 1. The van der Waals surface area contributed by atoms with Crippen molar-refractivity contribution >= 4 is 33.7 Å². The van der Waals surface area contributed by atoms with Crippen molar-refractivity contribution in [2.45, 2.75) is 24.8 Å². The average molecular weight is 491 g/mol. The molecule has 3 aromatic carbocycles. The Morgan fingerprint density at radius 3 is 2.62 bits per heavy atom. The Morgan fingerprint density at radius 2 is 1.76 bits per heavy atom. The fourth-order valence-corrected chi connectivity index (χ4v) is 5.98. The first-order valence-corrected chi connectivity index (χ1v) is 12.4. The highest BCUT2D eigenvalue weighted by atomic mass is 16.5. The monoisotopic (exact) mass is 490 g/mol. The van der Waals surface area contributed by atoms with Gasteiger partial charge in [-0.15, -0.1) is 0 Å². The highest BCUT2D eigenvalue weighted by molar-refractivity contribution is 6.02. The molecule has 0 fully saturated rings. The van der Waals surface area contributed by atoms with E-state index in [1.165, 1.54) is 0 Å². The minimum Gasteiger partial charge on any atom is -0.493 e. The minimum atomic E-state index is -0.270. The van der Waals surface area contributed by atoms with Crippen molar-refractivity contribution in [2.75, 3.05) is 19.5 Å². The van der Waals surface area contributed by atoms with Gasteiger partial charge in [-0.1, -0.05) is 36.4 Å². The number of aromatic nitrogens is 3. The lowest BCUT2D eigenvalue weighted by molar-refractivity contribution is -0.116. The van der Waals surface area contributed by atoms with Gasteiger partial charge in [-0.05, 0) is 48.2 Å². The van der Waals surface area contributed by atoms with Crippen LogP contribution in [0.2, 0.25) is 0 Å². The van der Waals surface area contributed by atoms with E-state index in [-0.39, 0.29) is 17.7 Å². The first kappa shape index (κ1) is 21.7. The van der Waals surface area contributed by atoms with Gasteiger partial charge in [0, 0.05) is 40.4 Å². The van der Waals surface area contributed by atoms with Crippen molar-refractivity contribution < 1.29 is 14.3 Å².